The Kier molecular flexibility index (Phi) is 5.98. The molecule has 0 bridgehead atoms. The Hall–Kier alpha value is -2.08. The summed E-state index contributed by atoms with van der Waals surface area (Å²) in [5.41, 5.74) is 6.59. The first-order chi connectivity index (χ1) is 11.0. The van der Waals surface area contributed by atoms with Crippen LogP contribution >= 0.6 is 0 Å². The van der Waals surface area contributed by atoms with Gasteiger partial charge in [-0.05, 0) is 31.0 Å². The molecule has 0 aromatic heterocycles. The van der Waals surface area contributed by atoms with E-state index in [1.807, 2.05) is 24.3 Å². The maximum absolute atomic E-state index is 12.4. The lowest BCUT2D eigenvalue weighted by atomic mass is 10.2. The molecule has 0 saturated carbocycles. The fourth-order valence-electron chi connectivity index (χ4n) is 2.62. The minimum absolute atomic E-state index is 0.0151. The second-order valence-corrected chi connectivity index (χ2v) is 5.67. The highest BCUT2D eigenvalue weighted by Gasteiger charge is 2.27. The number of nitrogens with zero attached hydrogens (tertiary/aromatic N) is 2. The molecular formula is C17H25N3O3. The Bertz CT molecular complexity index is 537. The van der Waals surface area contributed by atoms with Crippen molar-refractivity contribution in [2.24, 2.45) is 5.73 Å². The van der Waals surface area contributed by atoms with Gasteiger partial charge in [-0.25, -0.2) is 0 Å². The Morgan fingerprint density at radius 2 is 1.70 bits per heavy atom. The van der Waals surface area contributed by atoms with E-state index in [0.29, 0.717) is 31.9 Å². The molecule has 1 atom stereocenters. The fraction of sp³-hybridized carbons (Fsp3) is 0.529. The van der Waals surface area contributed by atoms with Crippen LogP contribution in [0.1, 0.15) is 19.4 Å². The van der Waals surface area contributed by atoms with Crippen LogP contribution in [0.5, 0.6) is 5.75 Å². The highest BCUT2D eigenvalue weighted by atomic mass is 16.5. The molecule has 0 spiro atoms. The summed E-state index contributed by atoms with van der Waals surface area (Å²) >= 11 is 0. The number of nitrogens with two attached hydrogens (primary N) is 1. The molecule has 1 fully saturated rings. The molecule has 1 aromatic carbocycles. The van der Waals surface area contributed by atoms with Crippen LogP contribution in [0.25, 0.3) is 0 Å². The fourth-order valence-corrected chi connectivity index (χ4v) is 2.62. The summed E-state index contributed by atoms with van der Waals surface area (Å²) < 4.78 is 5.73. The number of piperazine rings is 1. The van der Waals surface area contributed by atoms with Crippen LogP contribution in [0.2, 0.25) is 0 Å². The van der Waals surface area contributed by atoms with Crippen LogP contribution in [-0.4, -0.2) is 60.4 Å². The number of benzene rings is 1. The molecule has 1 unspecified atom stereocenters. The van der Waals surface area contributed by atoms with Crippen molar-refractivity contribution in [3.63, 3.8) is 0 Å². The van der Waals surface area contributed by atoms with E-state index in [4.69, 9.17) is 10.5 Å². The zero-order valence-electron chi connectivity index (χ0n) is 13.8. The van der Waals surface area contributed by atoms with E-state index in [9.17, 15) is 9.59 Å². The van der Waals surface area contributed by atoms with Gasteiger partial charge in [-0.15, -0.1) is 0 Å². The Morgan fingerprint density at radius 3 is 2.22 bits per heavy atom. The van der Waals surface area contributed by atoms with Crippen molar-refractivity contribution in [1.29, 1.82) is 0 Å². The van der Waals surface area contributed by atoms with Gasteiger partial charge in [-0.3, -0.25) is 9.59 Å². The second-order valence-electron chi connectivity index (χ2n) is 5.67. The highest BCUT2D eigenvalue weighted by molar-refractivity contribution is 5.82. The molecule has 1 heterocycles. The van der Waals surface area contributed by atoms with E-state index in [0.717, 1.165) is 6.42 Å². The number of hydrogen-bond acceptors (Lipinski definition) is 4. The van der Waals surface area contributed by atoms with Gasteiger partial charge in [-0.2, -0.15) is 0 Å². The van der Waals surface area contributed by atoms with Crippen LogP contribution in [-0.2, 0) is 16.0 Å². The summed E-state index contributed by atoms with van der Waals surface area (Å²) in [6.45, 7) is 5.96. The van der Waals surface area contributed by atoms with Crippen molar-refractivity contribution in [3.05, 3.63) is 29.8 Å². The van der Waals surface area contributed by atoms with Gasteiger partial charge in [0.1, 0.15) is 5.75 Å². The second kappa shape index (κ2) is 7.97. The summed E-state index contributed by atoms with van der Waals surface area (Å²) in [4.78, 5) is 27.4. The molecule has 2 amide bonds. The van der Waals surface area contributed by atoms with Crippen LogP contribution in [0.4, 0.5) is 0 Å². The van der Waals surface area contributed by atoms with Crippen molar-refractivity contribution in [1.82, 2.24) is 9.80 Å². The number of aryl methyl sites for hydroxylation is 1. The first kappa shape index (κ1) is 17.3. The maximum atomic E-state index is 12.4. The Morgan fingerprint density at radius 1 is 1.13 bits per heavy atom. The van der Waals surface area contributed by atoms with Gasteiger partial charge < -0.3 is 20.3 Å². The van der Waals surface area contributed by atoms with Gasteiger partial charge in [0.2, 0.25) is 5.91 Å². The van der Waals surface area contributed by atoms with Crippen LogP contribution in [0.15, 0.2) is 24.3 Å². The highest BCUT2D eigenvalue weighted by Crippen LogP contribution is 2.15. The number of carbonyl (C=O) groups is 2. The lowest BCUT2D eigenvalue weighted by Gasteiger charge is -2.35. The SMILES string of the molecule is CCc1ccc(OC(C)C(=O)N2CCN(C(=O)CN)CC2)cc1. The predicted molar refractivity (Wildman–Crippen MR) is 88.1 cm³/mol. The van der Waals surface area contributed by atoms with Gasteiger partial charge in [0.15, 0.2) is 6.10 Å². The van der Waals surface area contributed by atoms with Crippen molar-refractivity contribution >= 4 is 11.8 Å². The number of rotatable bonds is 5. The Labute approximate surface area is 137 Å². The minimum atomic E-state index is -0.542. The number of hydrogen-bond donors (Lipinski definition) is 1. The average molecular weight is 319 g/mol. The topological polar surface area (TPSA) is 75.9 Å². The number of amides is 2. The van der Waals surface area contributed by atoms with Crippen LogP contribution in [0, 0.1) is 0 Å². The molecule has 23 heavy (non-hydrogen) atoms. The third-order valence-electron chi connectivity index (χ3n) is 4.11. The van der Waals surface area contributed by atoms with E-state index in [-0.39, 0.29) is 18.4 Å². The van der Waals surface area contributed by atoms with E-state index >= 15 is 0 Å². The number of carbonyl (C=O) groups excluding carboxylic acids is 2. The molecule has 1 aliphatic rings. The molecule has 1 aromatic rings. The summed E-state index contributed by atoms with van der Waals surface area (Å²) in [5, 5.41) is 0. The molecule has 1 saturated heterocycles. The molecule has 1 aliphatic heterocycles. The third kappa shape index (κ3) is 4.45. The summed E-state index contributed by atoms with van der Waals surface area (Å²) in [7, 11) is 0. The van der Waals surface area contributed by atoms with Gasteiger partial charge >= 0.3 is 0 Å². The zero-order chi connectivity index (χ0) is 16.8. The third-order valence-corrected chi connectivity index (χ3v) is 4.11. The molecule has 2 N–H and O–H groups in total. The first-order valence-corrected chi connectivity index (χ1v) is 8.07. The van der Waals surface area contributed by atoms with Crippen molar-refractivity contribution in [3.8, 4) is 5.75 Å². The summed E-state index contributed by atoms with van der Waals surface area (Å²) in [6, 6.07) is 7.79. The molecule has 0 aliphatic carbocycles. The minimum Gasteiger partial charge on any atom is -0.481 e. The van der Waals surface area contributed by atoms with E-state index in [2.05, 4.69) is 6.92 Å². The van der Waals surface area contributed by atoms with Crippen molar-refractivity contribution < 1.29 is 14.3 Å². The van der Waals surface area contributed by atoms with Gasteiger partial charge in [0.25, 0.3) is 5.91 Å². The summed E-state index contributed by atoms with van der Waals surface area (Å²) in [5.74, 6) is 0.571. The molecule has 6 nitrogen and oxygen atoms in total. The summed E-state index contributed by atoms with van der Waals surface area (Å²) in [6.07, 6.45) is 0.430. The molecule has 126 valence electrons. The van der Waals surface area contributed by atoms with E-state index in [1.165, 1.54) is 5.56 Å². The van der Waals surface area contributed by atoms with E-state index < -0.39 is 6.10 Å². The zero-order valence-corrected chi connectivity index (χ0v) is 13.8. The lowest BCUT2D eigenvalue weighted by Crippen LogP contribution is -2.54. The van der Waals surface area contributed by atoms with E-state index in [1.54, 1.807) is 16.7 Å². The average Bonchev–Trinajstić information content (AvgIpc) is 2.61. The normalized spacial score (nSPS) is 16.1. The van der Waals surface area contributed by atoms with Crippen LogP contribution in [0.3, 0.4) is 0 Å². The van der Waals surface area contributed by atoms with Crippen molar-refractivity contribution in [2.45, 2.75) is 26.4 Å². The Balaban J connectivity index is 1.86. The molecule has 6 heteroatoms. The van der Waals surface area contributed by atoms with Gasteiger partial charge in [0.05, 0.1) is 6.54 Å². The van der Waals surface area contributed by atoms with Gasteiger partial charge in [-0.1, -0.05) is 19.1 Å². The van der Waals surface area contributed by atoms with Gasteiger partial charge in [0, 0.05) is 26.2 Å². The standard InChI is InChI=1S/C17H25N3O3/c1-3-14-4-6-15(7-5-14)23-13(2)17(22)20-10-8-19(9-11-20)16(21)12-18/h4-7,13H,3,8-12,18H2,1-2H3. The monoisotopic (exact) mass is 319 g/mol. The van der Waals surface area contributed by atoms with Crippen molar-refractivity contribution in [2.75, 3.05) is 32.7 Å². The van der Waals surface area contributed by atoms with Crippen LogP contribution < -0.4 is 10.5 Å². The lowest BCUT2D eigenvalue weighted by molar-refractivity contribution is -0.143. The molecular weight excluding hydrogens is 294 g/mol. The molecule has 0 radical (unpaired) electrons. The first-order valence-electron chi connectivity index (χ1n) is 8.07. The predicted octanol–water partition coefficient (Wildman–Crippen LogP) is 0.646. The maximum Gasteiger partial charge on any atom is 0.263 e. The quantitative estimate of drug-likeness (QED) is 0.864. The molecule has 2 rings (SSSR count). The smallest absolute Gasteiger partial charge is 0.263 e. The number of ether oxygens (including phenoxy) is 1. The largest absolute Gasteiger partial charge is 0.481 e.